The van der Waals surface area contributed by atoms with E-state index in [1.807, 2.05) is 21.6 Å². The summed E-state index contributed by atoms with van der Waals surface area (Å²) in [5.74, 6) is 2.16. The zero-order valence-electron chi connectivity index (χ0n) is 11.1. The molecule has 2 nitrogen and oxygen atoms in total. The van der Waals surface area contributed by atoms with Gasteiger partial charge in [0.2, 0.25) is 0 Å². The van der Waals surface area contributed by atoms with Crippen molar-refractivity contribution in [3.8, 4) is 0 Å². The minimum absolute atomic E-state index is 0. The van der Waals surface area contributed by atoms with Gasteiger partial charge in [0.1, 0.15) is 0 Å². The quantitative estimate of drug-likeness (QED) is 0.371. The second kappa shape index (κ2) is 13.2. The second-order valence-electron chi connectivity index (χ2n) is 3.60. The van der Waals surface area contributed by atoms with Crippen LogP contribution in [-0.2, 0) is 35.8 Å². The van der Waals surface area contributed by atoms with E-state index in [9.17, 15) is 0 Å². The maximum atomic E-state index is 8.36. The Hall–Kier alpha value is -0.767. The van der Waals surface area contributed by atoms with Gasteiger partial charge in [-0.3, -0.25) is 4.79 Å². The van der Waals surface area contributed by atoms with Gasteiger partial charge < -0.3 is 5.11 Å². The van der Waals surface area contributed by atoms with Crippen LogP contribution in [0.15, 0.2) is 60.7 Å². The Labute approximate surface area is 140 Å². The molecule has 0 aliphatic rings. The third-order valence-corrected chi connectivity index (χ3v) is 4.50. The topological polar surface area (TPSA) is 37.3 Å². The predicted octanol–water partition coefficient (Wildman–Crippen LogP) is 4.47. The molecule has 0 atom stereocenters. The molecule has 0 aliphatic heterocycles. The molecule has 2 aromatic rings. The van der Waals surface area contributed by atoms with Crippen molar-refractivity contribution in [2.45, 2.75) is 11.5 Å². The SMILES string of the molecule is O=CO.[Zn].c1ccc(CSSCc2ccccc2)cc1. The van der Waals surface area contributed by atoms with Crippen LogP contribution in [0.1, 0.15) is 11.1 Å². The van der Waals surface area contributed by atoms with Crippen molar-refractivity contribution in [3.05, 3.63) is 71.8 Å². The zero-order chi connectivity index (χ0) is 13.8. The van der Waals surface area contributed by atoms with Crippen LogP contribution >= 0.6 is 21.6 Å². The Morgan fingerprint density at radius 2 is 1.10 bits per heavy atom. The molecule has 0 unspecified atom stereocenters. The fraction of sp³-hybridized carbons (Fsp3) is 0.133. The molecule has 0 fully saturated rings. The first-order valence-corrected chi connectivity index (χ1v) is 8.25. The van der Waals surface area contributed by atoms with E-state index in [0.29, 0.717) is 0 Å². The minimum atomic E-state index is -0.250. The van der Waals surface area contributed by atoms with Gasteiger partial charge in [0.05, 0.1) is 0 Å². The van der Waals surface area contributed by atoms with Crippen LogP contribution < -0.4 is 0 Å². The van der Waals surface area contributed by atoms with Crippen molar-refractivity contribution in [1.29, 1.82) is 0 Å². The molecule has 0 bridgehead atoms. The maximum Gasteiger partial charge on any atom is 0.290 e. The van der Waals surface area contributed by atoms with E-state index in [4.69, 9.17) is 9.90 Å². The van der Waals surface area contributed by atoms with Gasteiger partial charge in [-0.15, -0.1) is 0 Å². The fourth-order valence-electron chi connectivity index (χ4n) is 1.37. The monoisotopic (exact) mass is 356 g/mol. The maximum absolute atomic E-state index is 8.36. The van der Waals surface area contributed by atoms with Gasteiger partial charge in [-0.05, 0) is 11.1 Å². The molecule has 1 N–H and O–H groups in total. The van der Waals surface area contributed by atoms with Gasteiger partial charge in [0, 0.05) is 31.0 Å². The third kappa shape index (κ3) is 9.19. The Morgan fingerprint density at radius 3 is 1.40 bits per heavy atom. The Kier molecular flexibility index (Phi) is 12.7. The Morgan fingerprint density at radius 1 is 0.800 bits per heavy atom. The van der Waals surface area contributed by atoms with E-state index in [2.05, 4.69) is 60.7 Å². The first-order chi connectivity index (χ1) is 9.36. The molecule has 20 heavy (non-hydrogen) atoms. The molecule has 0 saturated carbocycles. The largest absolute Gasteiger partial charge is 0.483 e. The van der Waals surface area contributed by atoms with E-state index in [1.54, 1.807) is 0 Å². The number of hydrogen-bond acceptors (Lipinski definition) is 3. The van der Waals surface area contributed by atoms with Crippen LogP contribution in [-0.4, -0.2) is 11.6 Å². The van der Waals surface area contributed by atoms with Crippen LogP contribution in [0.5, 0.6) is 0 Å². The molecule has 0 radical (unpaired) electrons. The van der Waals surface area contributed by atoms with Crippen molar-refractivity contribution < 1.29 is 29.4 Å². The van der Waals surface area contributed by atoms with Gasteiger partial charge in [-0.2, -0.15) is 0 Å². The summed E-state index contributed by atoms with van der Waals surface area (Å²) < 4.78 is 0. The summed E-state index contributed by atoms with van der Waals surface area (Å²) in [4.78, 5) is 8.36. The molecular formula is C15H16O2S2Zn. The van der Waals surface area contributed by atoms with Crippen molar-refractivity contribution >= 4 is 28.1 Å². The standard InChI is InChI=1S/C14H14S2.CH2O2.Zn/c1-3-7-13(8-4-1)11-15-16-12-14-9-5-2-6-10-14;2-1-3;/h1-10H,11-12H2;1H,(H,2,3);. The molecule has 2 aromatic carbocycles. The molecule has 0 heterocycles. The van der Waals surface area contributed by atoms with Crippen LogP contribution in [0.4, 0.5) is 0 Å². The van der Waals surface area contributed by atoms with Gasteiger partial charge >= 0.3 is 0 Å². The summed E-state index contributed by atoms with van der Waals surface area (Å²) in [6.45, 7) is -0.250. The van der Waals surface area contributed by atoms with Crippen LogP contribution in [0, 0.1) is 0 Å². The van der Waals surface area contributed by atoms with Gasteiger partial charge in [-0.25, -0.2) is 0 Å². The van der Waals surface area contributed by atoms with E-state index in [1.165, 1.54) is 11.1 Å². The zero-order valence-corrected chi connectivity index (χ0v) is 15.7. The Bertz CT molecular complexity index is 410. The normalized spacial score (nSPS) is 8.80. The third-order valence-electron chi connectivity index (χ3n) is 2.22. The second-order valence-corrected chi connectivity index (χ2v) is 6.06. The summed E-state index contributed by atoms with van der Waals surface area (Å²) in [7, 11) is 3.84. The molecule has 102 valence electrons. The molecule has 0 saturated heterocycles. The summed E-state index contributed by atoms with van der Waals surface area (Å²) in [6, 6.07) is 21.2. The van der Waals surface area contributed by atoms with Crippen molar-refractivity contribution in [2.24, 2.45) is 0 Å². The summed E-state index contributed by atoms with van der Waals surface area (Å²) in [5, 5.41) is 6.89. The first kappa shape index (κ1) is 19.2. The van der Waals surface area contributed by atoms with Crippen molar-refractivity contribution in [1.82, 2.24) is 0 Å². The van der Waals surface area contributed by atoms with E-state index in [0.717, 1.165) is 11.5 Å². The van der Waals surface area contributed by atoms with Gasteiger partial charge in [-0.1, -0.05) is 82.3 Å². The first-order valence-electron chi connectivity index (χ1n) is 5.77. The summed E-state index contributed by atoms with van der Waals surface area (Å²) >= 11 is 0. The molecule has 2 rings (SSSR count). The number of benzene rings is 2. The van der Waals surface area contributed by atoms with E-state index < -0.39 is 0 Å². The van der Waals surface area contributed by atoms with E-state index >= 15 is 0 Å². The van der Waals surface area contributed by atoms with E-state index in [-0.39, 0.29) is 26.0 Å². The van der Waals surface area contributed by atoms with Crippen LogP contribution in [0.25, 0.3) is 0 Å². The minimum Gasteiger partial charge on any atom is -0.483 e. The molecule has 0 aliphatic carbocycles. The molecular weight excluding hydrogens is 342 g/mol. The molecule has 5 heteroatoms. The Balaban J connectivity index is 0.000000830. The van der Waals surface area contributed by atoms with Crippen LogP contribution in [0.2, 0.25) is 0 Å². The predicted molar refractivity (Wildman–Crippen MR) is 84.2 cm³/mol. The number of hydrogen-bond donors (Lipinski definition) is 1. The summed E-state index contributed by atoms with van der Waals surface area (Å²) in [6.07, 6.45) is 0. The van der Waals surface area contributed by atoms with Gasteiger partial charge in [0.15, 0.2) is 0 Å². The fourth-order valence-corrected chi connectivity index (χ4v) is 3.51. The molecule has 0 aromatic heterocycles. The van der Waals surface area contributed by atoms with Gasteiger partial charge in [0.25, 0.3) is 6.47 Å². The number of carboxylic acid groups (broad SMARTS) is 1. The number of rotatable bonds is 5. The van der Waals surface area contributed by atoms with Crippen LogP contribution in [0.3, 0.4) is 0 Å². The molecule has 0 amide bonds. The summed E-state index contributed by atoms with van der Waals surface area (Å²) in [5.41, 5.74) is 2.79. The average molecular weight is 358 g/mol. The van der Waals surface area contributed by atoms with Crippen molar-refractivity contribution in [3.63, 3.8) is 0 Å². The van der Waals surface area contributed by atoms with Crippen molar-refractivity contribution in [2.75, 3.05) is 0 Å². The average Bonchev–Trinajstić information content (AvgIpc) is 2.47. The molecule has 0 spiro atoms. The smallest absolute Gasteiger partial charge is 0.290 e. The number of carbonyl (C=O) groups is 1.